The van der Waals surface area contributed by atoms with Crippen molar-refractivity contribution in [3.8, 4) is 22.4 Å². The van der Waals surface area contributed by atoms with E-state index in [1.807, 2.05) is 19.1 Å². The number of hydrogen-bond donors (Lipinski definition) is 2. The Morgan fingerprint density at radius 1 is 1.09 bits per heavy atom. The summed E-state index contributed by atoms with van der Waals surface area (Å²) in [6.07, 6.45) is 5.19. The van der Waals surface area contributed by atoms with Crippen molar-refractivity contribution in [2.75, 3.05) is 0 Å². The fourth-order valence-corrected chi connectivity index (χ4v) is 2.58. The molecule has 1 aromatic carbocycles. The molecule has 0 spiro atoms. The third-order valence-corrected chi connectivity index (χ3v) is 3.78. The van der Waals surface area contributed by atoms with Crippen LogP contribution in [0.3, 0.4) is 0 Å². The highest BCUT2D eigenvalue weighted by Gasteiger charge is 2.17. The SMILES string of the molecule is C[C@@H](N)CCc1[nH]nc(-c2ccc(F)cc2)c1-c1ccncc1. The standard InChI is InChI=1S/C18H19FN4/c1-12(20)2-7-16-17(13-8-10-21-11-9-13)18(23-22-16)14-3-5-15(19)6-4-14/h3-6,8-12H,2,7,20H2,1H3,(H,22,23)/t12-/m1/s1. The van der Waals surface area contributed by atoms with Crippen molar-refractivity contribution in [3.05, 3.63) is 60.3 Å². The Kier molecular flexibility index (Phi) is 4.48. The summed E-state index contributed by atoms with van der Waals surface area (Å²) >= 11 is 0. The van der Waals surface area contributed by atoms with Gasteiger partial charge in [-0.1, -0.05) is 0 Å². The number of hydrogen-bond acceptors (Lipinski definition) is 3. The van der Waals surface area contributed by atoms with E-state index in [1.54, 1.807) is 24.5 Å². The van der Waals surface area contributed by atoms with Gasteiger partial charge in [-0.3, -0.25) is 10.1 Å². The van der Waals surface area contributed by atoms with Gasteiger partial charge < -0.3 is 5.73 Å². The van der Waals surface area contributed by atoms with Gasteiger partial charge in [0.15, 0.2) is 0 Å². The first-order valence-corrected chi connectivity index (χ1v) is 7.64. The van der Waals surface area contributed by atoms with Gasteiger partial charge in [0.2, 0.25) is 0 Å². The second-order valence-electron chi connectivity index (χ2n) is 5.68. The van der Waals surface area contributed by atoms with Crippen molar-refractivity contribution >= 4 is 0 Å². The molecular weight excluding hydrogens is 291 g/mol. The highest BCUT2D eigenvalue weighted by molar-refractivity contribution is 5.82. The van der Waals surface area contributed by atoms with Gasteiger partial charge >= 0.3 is 0 Å². The number of aromatic nitrogens is 3. The van der Waals surface area contributed by atoms with Crippen LogP contribution in [0.2, 0.25) is 0 Å². The maximum atomic E-state index is 13.2. The van der Waals surface area contributed by atoms with Gasteiger partial charge in [-0.2, -0.15) is 5.10 Å². The van der Waals surface area contributed by atoms with Gasteiger partial charge in [0, 0.05) is 35.3 Å². The number of nitrogens with one attached hydrogen (secondary N) is 1. The van der Waals surface area contributed by atoms with E-state index < -0.39 is 0 Å². The van der Waals surface area contributed by atoms with Gasteiger partial charge in [-0.25, -0.2) is 4.39 Å². The quantitative estimate of drug-likeness (QED) is 0.757. The molecule has 0 radical (unpaired) electrons. The van der Waals surface area contributed by atoms with Crippen molar-refractivity contribution in [2.45, 2.75) is 25.8 Å². The fraction of sp³-hybridized carbons (Fsp3) is 0.222. The predicted molar refractivity (Wildman–Crippen MR) is 89.2 cm³/mol. The van der Waals surface area contributed by atoms with Crippen molar-refractivity contribution < 1.29 is 4.39 Å². The minimum atomic E-state index is -0.257. The van der Waals surface area contributed by atoms with Crippen molar-refractivity contribution in [3.63, 3.8) is 0 Å². The molecule has 3 aromatic rings. The zero-order valence-corrected chi connectivity index (χ0v) is 13.0. The summed E-state index contributed by atoms with van der Waals surface area (Å²) < 4.78 is 13.2. The summed E-state index contributed by atoms with van der Waals surface area (Å²) in [7, 11) is 0. The fourth-order valence-electron chi connectivity index (χ4n) is 2.58. The van der Waals surface area contributed by atoms with Crippen LogP contribution in [0.15, 0.2) is 48.8 Å². The second kappa shape index (κ2) is 6.71. The van der Waals surface area contributed by atoms with Gasteiger partial charge in [-0.05, 0) is 61.7 Å². The van der Waals surface area contributed by atoms with Crippen molar-refractivity contribution in [1.82, 2.24) is 15.2 Å². The molecule has 0 saturated heterocycles. The maximum Gasteiger partial charge on any atom is 0.123 e. The molecule has 2 heterocycles. The Bertz CT molecular complexity index is 763. The molecule has 4 nitrogen and oxygen atoms in total. The monoisotopic (exact) mass is 310 g/mol. The Balaban J connectivity index is 2.07. The highest BCUT2D eigenvalue weighted by atomic mass is 19.1. The maximum absolute atomic E-state index is 13.2. The molecule has 23 heavy (non-hydrogen) atoms. The summed E-state index contributed by atoms with van der Waals surface area (Å²) in [4.78, 5) is 4.07. The molecule has 118 valence electrons. The Labute approximate surface area is 134 Å². The number of aryl methyl sites for hydroxylation is 1. The lowest BCUT2D eigenvalue weighted by atomic mass is 9.97. The molecule has 0 aliphatic carbocycles. The number of H-pyrrole nitrogens is 1. The Morgan fingerprint density at radius 3 is 2.43 bits per heavy atom. The van der Waals surface area contributed by atoms with E-state index in [4.69, 9.17) is 5.73 Å². The molecule has 2 aromatic heterocycles. The molecule has 0 amide bonds. The predicted octanol–water partition coefficient (Wildman–Crippen LogP) is 3.56. The van der Waals surface area contributed by atoms with Crippen LogP contribution in [0, 0.1) is 5.82 Å². The minimum Gasteiger partial charge on any atom is -0.328 e. The molecule has 0 bridgehead atoms. The number of nitrogens with zero attached hydrogens (tertiary/aromatic N) is 2. The normalized spacial score (nSPS) is 12.3. The van der Waals surface area contributed by atoms with Gasteiger partial charge in [0.25, 0.3) is 0 Å². The van der Waals surface area contributed by atoms with Crippen LogP contribution >= 0.6 is 0 Å². The summed E-state index contributed by atoms with van der Waals surface area (Å²) in [5.41, 5.74) is 10.7. The van der Waals surface area contributed by atoms with E-state index in [0.29, 0.717) is 0 Å². The van der Waals surface area contributed by atoms with Crippen molar-refractivity contribution in [2.24, 2.45) is 5.73 Å². The number of aromatic amines is 1. The second-order valence-corrected chi connectivity index (χ2v) is 5.68. The average molecular weight is 310 g/mol. The Hall–Kier alpha value is -2.53. The van der Waals surface area contributed by atoms with Crippen LogP contribution in [-0.4, -0.2) is 21.2 Å². The molecule has 5 heteroatoms. The van der Waals surface area contributed by atoms with E-state index in [-0.39, 0.29) is 11.9 Å². The largest absolute Gasteiger partial charge is 0.328 e. The average Bonchev–Trinajstić information content (AvgIpc) is 2.98. The van der Waals surface area contributed by atoms with E-state index in [9.17, 15) is 4.39 Å². The molecule has 0 saturated carbocycles. The highest BCUT2D eigenvalue weighted by Crippen LogP contribution is 2.33. The summed E-state index contributed by atoms with van der Waals surface area (Å²) in [5, 5.41) is 7.58. The number of rotatable bonds is 5. The van der Waals surface area contributed by atoms with Crippen molar-refractivity contribution in [1.29, 1.82) is 0 Å². The lowest BCUT2D eigenvalue weighted by Crippen LogP contribution is -2.15. The smallest absolute Gasteiger partial charge is 0.123 e. The lowest BCUT2D eigenvalue weighted by molar-refractivity contribution is 0.628. The lowest BCUT2D eigenvalue weighted by Gasteiger charge is -2.08. The van der Waals surface area contributed by atoms with Crippen LogP contribution in [0.5, 0.6) is 0 Å². The zero-order chi connectivity index (χ0) is 16.2. The minimum absolute atomic E-state index is 0.123. The van der Waals surface area contributed by atoms with Gasteiger partial charge in [-0.15, -0.1) is 0 Å². The van der Waals surface area contributed by atoms with Crippen LogP contribution in [-0.2, 0) is 6.42 Å². The third kappa shape index (κ3) is 3.46. The molecular formula is C18H19FN4. The van der Waals surface area contributed by atoms with Gasteiger partial charge in [0.05, 0.1) is 0 Å². The number of benzene rings is 1. The summed E-state index contributed by atoms with van der Waals surface area (Å²) in [5.74, 6) is -0.257. The molecule has 0 aliphatic heterocycles. The molecule has 0 aliphatic rings. The van der Waals surface area contributed by atoms with Gasteiger partial charge in [0.1, 0.15) is 11.5 Å². The van der Waals surface area contributed by atoms with Crippen LogP contribution in [0.4, 0.5) is 4.39 Å². The zero-order valence-electron chi connectivity index (χ0n) is 13.0. The van der Waals surface area contributed by atoms with E-state index in [2.05, 4.69) is 15.2 Å². The molecule has 3 rings (SSSR count). The number of nitrogens with two attached hydrogens (primary N) is 1. The first kappa shape index (κ1) is 15.4. The first-order valence-electron chi connectivity index (χ1n) is 7.64. The molecule has 0 unspecified atom stereocenters. The number of pyridine rings is 1. The van der Waals surface area contributed by atoms with Crippen LogP contribution < -0.4 is 5.73 Å². The summed E-state index contributed by atoms with van der Waals surface area (Å²) in [6, 6.07) is 10.4. The van der Waals surface area contributed by atoms with E-state index >= 15 is 0 Å². The number of halogens is 1. The first-order chi connectivity index (χ1) is 11.1. The molecule has 3 N–H and O–H groups in total. The van der Waals surface area contributed by atoms with E-state index in [0.717, 1.165) is 40.9 Å². The van der Waals surface area contributed by atoms with Crippen LogP contribution in [0.1, 0.15) is 19.0 Å². The molecule has 1 atom stereocenters. The third-order valence-electron chi connectivity index (χ3n) is 3.78. The summed E-state index contributed by atoms with van der Waals surface area (Å²) in [6.45, 7) is 1.99. The van der Waals surface area contributed by atoms with Crippen LogP contribution in [0.25, 0.3) is 22.4 Å². The van der Waals surface area contributed by atoms with E-state index in [1.165, 1.54) is 12.1 Å². The molecule has 0 fully saturated rings. The topological polar surface area (TPSA) is 67.6 Å². The Morgan fingerprint density at radius 2 is 1.78 bits per heavy atom.